The molecule has 0 spiro atoms. The standard InChI is InChI=1S/C29H33N7O3/c1-21-17-22(9-10-23(21)18-30-29(39)35-14-12-34(13-15-35)11-5-6-16-37)28(38)36-20-24-19-31-33(2)27(24)32-25-7-3-4-8-26(25)36/h3-4,7-10,17,19,32,37H,11-16,18,20H2,1-2H3,(H,30,39). The zero-order chi connectivity index (χ0) is 27.4. The van der Waals surface area contributed by atoms with Crippen LogP contribution in [-0.2, 0) is 20.1 Å². The van der Waals surface area contributed by atoms with Crippen LogP contribution < -0.4 is 15.5 Å². The Morgan fingerprint density at radius 2 is 1.90 bits per heavy atom. The number of para-hydroxylation sites is 2. The summed E-state index contributed by atoms with van der Waals surface area (Å²) in [6.07, 6.45) is 1.79. The monoisotopic (exact) mass is 527 g/mol. The molecule has 3 N–H and O–H groups in total. The van der Waals surface area contributed by atoms with Crippen molar-refractivity contribution < 1.29 is 14.7 Å². The minimum Gasteiger partial charge on any atom is -0.384 e. The number of aliphatic hydroxyl groups is 1. The molecule has 10 nitrogen and oxygen atoms in total. The van der Waals surface area contributed by atoms with Crippen molar-refractivity contribution in [3.63, 3.8) is 0 Å². The van der Waals surface area contributed by atoms with Gasteiger partial charge in [0, 0.05) is 50.9 Å². The van der Waals surface area contributed by atoms with Crippen LogP contribution in [0.2, 0.25) is 0 Å². The van der Waals surface area contributed by atoms with Gasteiger partial charge in [-0.15, -0.1) is 0 Å². The molecule has 2 aliphatic rings. The number of fused-ring (bicyclic) bond motifs is 2. The third-order valence-corrected chi connectivity index (χ3v) is 7.22. The Hall–Kier alpha value is -4.33. The summed E-state index contributed by atoms with van der Waals surface area (Å²) in [5.74, 6) is 6.35. The van der Waals surface area contributed by atoms with E-state index < -0.39 is 0 Å². The van der Waals surface area contributed by atoms with E-state index in [4.69, 9.17) is 5.11 Å². The Labute approximate surface area is 228 Å². The number of nitrogens with one attached hydrogen (secondary N) is 2. The quantitative estimate of drug-likeness (QED) is 0.450. The van der Waals surface area contributed by atoms with Crippen LogP contribution in [0.15, 0.2) is 48.7 Å². The lowest BCUT2D eigenvalue weighted by Crippen LogP contribution is -2.51. The number of aliphatic hydroxyl groups excluding tert-OH is 1. The molecular formula is C29H33N7O3. The van der Waals surface area contributed by atoms with Gasteiger partial charge in [-0.2, -0.15) is 5.10 Å². The number of hydrogen-bond donors (Lipinski definition) is 3. The second kappa shape index (κ2) is 11.6. The predicted octanol–water partition coefficient (Wildman–Crippen LogP) is 2.46. The van der Waals surface area contributed by atoms with Crippen molar-refractivity contribution in [3.8, 4) is 11.8 Å². The Morgan fingerprint density at radius 3 is 2.67 bits per heavy atom. The fourth-order valence-corrected chi connectivity index (χ4v) is 4.94. The molecule has 1 fully saturated rings. The number of piperazine rings is 1. The molecule has 3 heterocycles. The smallest absolute Gasteiger partial charge is 0.317 e. The first kappa shape index (κ1) is 26.3. The lowest BCUT2D eigenvalue weighted by Gasteiger charge is -2.33. The Kier molecular flexibility index (Phi) is 7.81. The number of amides is 3. The molecule has 3 aromatic rings. The summed E-state index contributed by atoms with van der Waals surface area (Å²) in [4.78, 5) is 32.2. The van der Waals surface area contributed by atoms with E-state index in [2.05, 4.69) is 32.5 Å². The fraction of sp³-hybridized carbons (Fsp3) is 0.345. The first-order chi connectivity index (χ1) is 18.9. The van der Waals surface area contributed by atoms with Crippen molar-refractivity contribution in [2.75, 3.05) is 49.5 Å². The summed E-state index contributed by atoms with van der Waals surface area (Å²) in [5.41, 5.74) is 5.10. The summed E-state index contributed by atoms with van der Waals surface area (Å²) in [6.45, 7) is 5.98. The van der Waals surface area contributed by atoms with Crippen molar-refractivity contribution >= 4 is 29.1 Å². The van der Waals surface area contributed by atoms with Crippen LogP contribution >= 0.6 is 0 Å². The second-order valence-corrected chi connectivity index (χ2v) is 9.75. The Balaban J connectivity index is 1.23. The van der Waals surface area contributed by atoms with Crippen molar-refractivity contribution in [1.29, 1.82) is 0 Å². The molecule has 1 aromatic heterocycles. The molecule has 2 aromatic carbocycles. The van der Waals surface area contributed by atoms with E-state index in [-0.39, 0.29) is 18.5 Å². The summed E-state index contributed by atoms with van der Waals surface area (Å²) in [5, 5.41) is 19.6. The molecule has 1 saturated heterocycles. The molecule has 2 aliphatic heterocycles. The average Bonchev–Trinajstić information content (AvgIpc) is 3.19. The number of benzene rings is 2. The Bertz CT molecular complexity index is 1430. The predicted molar refractivity (Wildman–Crippen MR) is 150 cm³/mol. The van der Waals surface area contributed by atoms with Crippen LogP contribution in [0.1, 0.15) is 27.0 Å². The molecule has 0 aliphatic carbocycles. The van der Waals surface area contributed by atoms with Gasteiger partial charge in [0.25, 0.3) is 5.91 Å². The number of anilines is 3. The van der Waals surface area contributed by atoms with E-state index in [1.54, 1.807) is 20.7 Å². The molecule has 202 valence electrons. The number of nitrogens with zero attached hydrogens (tertiary/aromatic N) is 5. The van der Waals surface area contributed by atoms with Gasteiger partial charge in [-0.05, 0) is 42.3 Å². The van der Waals surface area contributed by atoms with Crippen LogP contribution in [0.25, 0.3) is 0 Å². The molecule has 10 heteroatoms. The van der Waals surface area contributed by atoms with Crippen molar-refractivity contribution in [1.82, 2.24) is 24.9 Å². The number of aromatic nitrogens is 2. The molecule has 0 radical (unpaired) electrons. The fourth-order valence-electron chi connectivity index (χ4n) is 4.94. The van der Waals surface area contributed by atoms with Gasteiger partial charge in [0.1, 0.15) is 12.4 Å². The average molecular weight is 528 g/mol. The van der Waals surface area contributed by atoms with Gasteiger partial charge in [0.2, 0.25) is 0 Å². The molecular weight excluding hydrogens is 494 g/mol. The highest BCUT2D eigenvalue weighted by Gasteiger charge is 2.27. The zero-order valence-electron chi connectivity index (χ0n) is 22.3. The molecule has 0 unspecified atom stereocenters. The van der Waals surface area contributed by atoms with Gasteiger partial charge in [0.15, 0.2) is 0 Å². The summed E-state index contributed by atoms with van der Waals surface area (Å²) in [6, 6.07) is 13.3. The largest absolute Gasteiger partial charge is 0.384 e. The molecule has 0 bridgehead atoms. The van der Waals surface area contributed by atoms with Gasteiger partial charge in [-0.3, -0.25) is 14.4 Å². The van der Waals surface area contributed by atoms with Crippen LogP contribution in [0.5, 0.6) is 0 Å². The number of carbonyl (C=O) groups excluding carboxylic acids is 2. The maximum atomic E-state index is 13.7. The summed E-state index contributed by atoms with van der Waals surface area (Å²) in [7, 11) is 1.88. The first-order valence-electron chi connectivity index (χ1n) is 13.0. The summed E-state index contributed by atoms with van der Waals surface area (Å²) >= 11 is 0. The number of rotatable bonds is 4. The van der Waals surface area contributed by atoms with Gasteiger partial charge >= 0.3 is 6.03 Å². The maximum absolute atomic E-state index is 13.7. The van der Waals surface area contributed by atoms with Crippen LogP contribution in [0.4, 0.5) is 22.0 Å². The van der Waals surface area contributed by atoms with E-state index in [0.29, 0.717) is 38.3 Å². The number of aryl methyl sites for hydroxylation is 2. The van der Waals surface area contributed by atoms with E-state index in [0.717, 1.165) is 47.0 Å². The third-order valence-electron chi connectivity index (χ3n) is 7.22. The molecule has 0 saturated carbocycles. The van der Waals surface area contributed by atoms with Gasteiger partial charge in [0.05, 0.1) is 30.7 Å². The van der Waals surface area contributed by atoms with Crippen molar-refractivity contribution in [2.45, 2.75) is 20.0 Å². The van der Waals surface area contributed by atoms with E-state index in [9.17, 15) is 9.59 Å². The zero-order valence-corrected chi connectivity index (χ0v) is 22.3. The molecule has 0 atom stereocenters. The summed E-state index contributed by atoms with van der Waals surface area (Å²) < 4.78 is 1.78. The minimum atomic E-state index is -0.132. The van der Waals surface area contributed by atoms with E-state index >= 15 is 0 Å². The molecule has 5 rings (SSSR count). The van der Waals surface area contributed by atoms with Gasteiger partial charge in [-0.25, -0.2) is 4.79 Å². The van der Waals surface area contributed by atoms with Crippen molar-refractivity contribution in [3.05, 3.63) is 70.9 Å². The van der Waals surface area contributed by atoms with Crippen LogP contribution in [0.3, 0.4) is 0 Å². The van der Waals surface area contributed by atoms with E-state index in [1.807, 2.05) is 56.4 Å². The molecule has 39 heavy (non-hydrogen) atoms. The van der Waals surface area contributed by atoms with Crippen LogP contribution in [-0.4, -0.2) is 76.0 Å². The number of hydrogen-bond acceptors (Lipinski definition) is 6. The maximum Gasteiger partial charge on any atom is 0.317 e. The number of urea groups is 1. The third kappa shape index (κ3) is 5.74. The minimum absolute atomic E-state index is 0.0961. The first-order valence-corrected chi connectivity index (χ1v) is 13.0. The highest BCUT2D eigenvalue weighted by molar-refractivity contribution is 6.08. The van der Waals surface area contributed by atoms with Crippen LogP contribution in [0, 0.1) is 18.8 Å². The highest BCUT2D eigenvalue weighted by atomic mass is 16.2. The second-order valence-electron chi connectivity index (χ2n) is 9.75. The Morgan fingerprint density at radius 1 is 1.10 bits per heavy atom. The lowest BCUT2D eigenvalue weighted by molar-refractivity contribution is 0.0985. The topological polar surface area (TPSA) is 106 Å². The highest BCUT2D eigenvalue weighted by Crippen LogP contribution is 2.36. The van der Waals surface area contributed by atoms with E-state index in [1.165, 1.54) is 0 Å². The molecule has 3 amide bonds. The lowest BCUT2D eigenvalue weighted by atomic mass is 10.0. The van der Waals surface area contributed by atoms with Gasteiger partial charge < -0.3 is 25.5 Å². The normalized spacial score (nSPS) is 14.8. The van der Waals surface area contributed by atoms with Gasteiger partial charge in [-0.1, -0.05) is 30.0 Å². The number of carbonyl (C=O) groups is 2. The van der Waals surface area contributed by atoms with Crippen molar-refractivity contribution in [2.24, 2.45) is 7.05 Å². The SMILES string of the molecule is Cc1cc(C(=O)N2Cc3cnn(C)c3Nc3ccccc32)ccc1CNC(=O)N1CCN(CC#CCO)CC1.